The fraction of sp³-hybridized carbons (Fsp3) is 0.476. The first-order valence-electron chi connectivity index (χ1n) is 47.2. The van der Waals surface area contributed by atoms with Crippen LogP contribution in [0, 0.1) is 27.7 Å². The van der Waals surface area contributed by atoms with Crippen molar-refractivity contribution in [2.24, 2.45) is 5.73 Å². The predicted molar refractivity (Wildman–Crippen MR) is 536 cm³/mol. The Morgan fingerprint density at radius 1 is 0.467 bits per heavy atom. The van der Waals surface area contributed by atoms with Crippen molar-refractivity contribution in [3.8, 4) is 0 Å². The van der Waals surface area contributed by atoms with Gasteiger partial charge in [-0.05, 0) is 137 Å². The van der Waals surface area contributed by atoms with Gasteiger partial charge in [0, 0.05) is 59.3 Å². The number of nitrogens with one attached hydrogen (secondary N) is 1. The molecule has 8 heterocycles. The van der Waals surface area contributed by atoms with E-state index in [1.165, 1.54) is 50.0 Å². The topological polar surface area (TPSA) is 541 Å². The zero-order valence-electron chi connectivity index (χ0n) is 87.3. The van der Waals surface area contributed by atoms with Crippen LogP contribution in [0.4, 0.5) is 37.1 Å². The molecule has 9 aromatic rings. The normalized spacial score (nSPS) is 18.5. The van der Waals surface area contributed by atoms with Crippen LogP contribution in [0.25, 0.3) is 16.0 Å². The first-order valence-corrected chi connectivity index (χ1v) is 49.3. The number of hydrogen-bond acceptors (Lipinski definition) is 30. The van der Waals surface area contributed by atoms with Crippen LogP contribution in [0.15, 0.2) is 213 Å². The number of carboxylic acids is 2. The summed E-state index contributed by atoms with van der Waals surface area (Å²) in [6, 6.07) is 50.5. The number of carboxylic acid groups (broad SMARTS) is 2. The van der Waals surface area contributed by atoms with E-state index in [9.17, 15) is 70.2 Å². The van der Waals surface area contributed by atoms with Crippen LogP contribution in [0.5, 0.6) is 0 Å². The fourth-order valence-corrected chi connectivity index (χ4v) is 16.2. The summed E-state index contributed by atoms with van der Waals surface area (Å²) in [7, 11) is -0.882. The average Bonchev–Trinajstić information content (AvgIpc) is 1.61. The summed E-state index contributed by atoms with van der Waals surface area (Å²) in [4.78, 5) is 128. The van der Waals surface area contributed by atoms with Gasteiger partial charge in [0.25, 0.3) is 10.1 Å². The number of carbonyl (C=O) groups is 9. The van der Waals surface area contributed by atoms with E-state index in [1.807, 2.05) is 228 Å². The van der Waals surface area contributed by atoms with Crippen LogP contribution in [0.1, 0.15) is 188 Å². The molecule has 0 aliphatic carbocycles. The number of nitrogens with two attached hydrogens (primary N) is 1. The summed E-state index contributed by atoms with van der Waals surface area (Å²) in [6.45, 7) is 28.5. The SMILES string of the molecule is CC(=O)CNC(=O)[C@@H]1C[C@@H](OC(C)(C)C)CN1C(=O)OCc1ccccc1.CC(C)(C)O[C@@H]1C[C@@H](C(=O)O)N(C(=O)OCc2ccccc2)C1.CCl.COC(CN)OC.Cc1ccc(S(=O)(=O)O[C@@H]2C[C@@H](c3ncc(C)o3)N(C(=O)OCc3ccccc3)C2)cc1.Cc1cnc([C@@H]2C[C@@H](O)CN2C(=O)OCc2ccccc2)o1.Cc1cnc([C@@H]2C[C@@H](OC(C)(C)C)CN2C(=O)OCc2ccccc2)o1.O=C(O)C(F)(F)F.[N-]=[N+]=[N-].[Na+]. The number of methoxy groups -OCH3 is 2. The minimum atomic E-state index is -5.08. The van der Waals surface area contributed by atoms with Crippen molar-refractivity contribution in [1.29, 1.82) is 0 Å². The van der Waals surface area contributed by atoms with E-state index >= 15 is 0 Å². The minimum Gasteiger partial charge on any atom is -0.480 e. The average molecular weight is 2150 g/mol. The van der Waals surface area contributed by atoms with E-state index in [1.54, 1.807) is 63.7 Å². The molecule has 41 nitrogen and oxygen atoms in total. The molecule has 6 N–H and O–H groups in total. The smallest absolute Gasteiger partial charge is 0.480 e. The Kier molecular flexibility index (Phi) is 53.6. The number of rotatable bonds is 26. The standard InChI is InChI=1S/C23H24N2O6S.C20H28N2O5.C20H26N2O4.C17H23NO5.C16H18N2O4.C4H11NO2.C2HF3O2.CH3Cl.N3.Na/c1-16-8-10-20(11-9-16)32(27,28)31-19-12-21(22-24-13-17(2)30-22)25(14-19)23(26)29-15-18-6-4-3-5-7-18;1-14(23)11-21-18(24)17-10-16(27-20(2,3)4)12-22(17)19(25)26-13-15-8-6-5-7-9-15;1-14-11-21-18(25-14)17-10-16(26-20(2,3)4)12-22(17)19(23)24-13-15-8-6-5-7-9-15;1-17(2,3)23-13-9-14(15(19)20)18(10-13)16(21)22-11-12-7-5-4-6-8-12;1-11-8-17-15(22-11)14-7-13(19)9-18(14)16(20)21-10-12-5-3-2-4-6-12;1-6-4(3-5)7-2;3-2(4,5)1(6)7;1-2;1-3-2;/h3-11,13,19,21H,12,14-15H2,1-2H3;5-9,16-17H,10-13H2,1-4H3,(H,21,24);5-9,11,16-17H,10,12-13H2,1-4H3;4-8,13-14H,9-11H2,1-3H3,(H,19,20);2-6,8,13-14,19H,7,9-10H2,1H3;4H,3,5H2,1-2H3;(H,6,7);1H3;;/q;;;;;;;;-1;+1/t19-,21+;2*16-,17+;2*13-,14+;;;;;/m11111...../s1. The van der Waals surface area contributed by atoms with Gasteiger partial charge in [0.05, 0.1) is 110 Å². The number of aryl methyl sites for hydroxylation is 4. The number of aliphatic carboxylic acids is 2. The number of likely N-dealkylation sites (tertiary alicyclic amines) is 5. The zero-order valence-corrected chi connectivity index (χ0v) is 90.9. The Hall–Kier alpha value is -12.6. The zero-order chi connectivity index (χ0) is 111. The van der Waals surface area contributed by atoms with Crippen LogP contribution < -0.4 is 40.6 Å². The van der Waals surface area contributed by atoms with Gasteiger partial charge in [-0.3, -0.25) is 43.2 Å². The third-order valence-corrected chi connectivity index (χ3v) is 22.9. The molecule has 0 bridgehead atoms. The van der Waals surface area contributed by atoms with E-state index in [0.29, 0.717) is 61.5 Å². The quantitative estimate of drug-likeness (QED) is 0.00491. The number of aromatic nitrogens is 3. The van der Waals surface area contributed by atoms with Gasteiger partial charge >= 0.3 is 78.1 Å². The van der Waals surface area contributed by atoms with Crippen LogP contribution in [0.3, 0.4) is 0 Å². The molecule has 814 valence electrons. The van der Waals surface area contributed by atoms with E-state index in [0.717, 1.165) is 39.1 Å². The van der Waals surface area contributed by atoms with Crippen molar-refractivity contribution in [3.05, 3.63) is 279 Å². The first kappa shape index (κ1) is 128. The molecule has 5 saturated heterocycles. The second-order valence-corrected chi connectivity index (χ2v) is 38.7. The van der Waals surface area contributed by atoms with E-state index in [-0.39, 0.29) is 173 Å². The maximum Gasteiger partial charge on any atom is 1.00 e. The molecule has 0 unspecified atom stereocenters. The molecule has 6 amide bonds. The number of aliphatic hydroxyl groups is 1. The molecule has 47 heteroatoms. The second-order valence-electron chi connectivity index (χ2n) is 37.1. The number of halogens is 4. The number of Topliss-reactive ketones (excluding diaryl/α,β-unsaturated/α-hetero) is 1. The van der Waals surface area contributed by atoms with Gasteiger partial charge in [-0.1, -0.05) is 169 Å². The summed E-state index contributed by atoms with van der Waals surface area (Å²) in [5, 5.41) is 28.9. The fourth-order valence-electron chi connectivity index (χ4n) is 15.2. The van der Waals surface area contributed by atoms with E-state index < -0.39 is 94.1 Å². The van der Waals surface area contributed by atoms with Crippen LogP contribution >= 0.6 is 11.6 Å². The predicted octanol–water partition coefficient (Wildman–Crippen LogP) is 14.7. The van der Waals surface area contributed by atoms with Gasteiger partial charge in [0.15, 0.2) is 6.29 Å². The van der Waals surface area contributed by atoms with Crippen molar-refractivity contribution in [2.75, 3.05) is 66.4 Å². The number of alkyl halides is 4. The number of nitrogens with zero attached hydrogens (tertiary/aromatic N) is 11. The number of hydrogen-bond donors (Lipinski definition) is 5. The largest absolute Gasteiger partial charge is 1.00 e. The van der Waals surface area contributed by atoms with Crippen molar-refractivity contribution in [1.82, 2.24) is 44.8 Å². The number of carbonyl (C=O) groups excluding carboxylic acids is 7. The molecule has 5 fully saturated rings. The maximum absolute atomic E-state index is 12.9. The van der Waals surface area contributed by atoms with Gasteiger partial charge in [-0.25, -0.2) is 48.5 Å². The van der Waals surface area contributed by atoms with Crippen LogP contribution in [0.2, 0.25) is 0 Å². The van der Waals surface area contributed by atoms with Crippen molar-refractivity contribution < 1.29 is 174 Å². The molecule has 5 aliphatic rings. The van der Waals surface area contributed by atoms with Gasteiger partial charge < -0.3 is 98.1 Å². The number of oxazole rings is 3. The first-order chi connectivity index (χ1) is 70.4. The Balaban J connectivity index is 0.000000316. The Morgan fingerprint density at radius 3 is 1.03 bits per heavy atom. The number of aliphatic hydroxyl groups excluding tert-OH is 1. The minimum absolute atomic E-state index is 0. The molecule has 5 aliphatic heterocycles. The molecular weight excluding hydrogens is 2010 g/mol. The summed E-state index contributed by atoms with van der Waals surface area (Å²) < 4.78 is 134. The molecule has 14 rings (SSSR count). The Morgan fingerprint density at radius 2 is 0.747 bits per heavy atom. The van der Waals surface area contributed by atoms with Crippen molar-refractivity contribution in [2.45, 2.75) is 257 Å². The van der Waals surface area contributed by atoms with E-state index in [4.69, 9.17) is 91.5 Å². The van der Waals surface area contributed by atoms with Gasteiger partial charge in [-0.2, -0.15) is 21.6 Å². The van der Waals surface area contributed by atoms with Gasteiger partial charge in [0.2, 0.25) is 23.6 Å². The number of ether oxygens (including phenoxy) is 10. The third-order valence-electron chi connectivity index (χ3n) is 21.5. The van der Waals surface area contributed by atoms with Crippen molar-refractivity contribution >= 4 is 75.8 Å². The molecule has 10 atom stereocenters. The van der Waals surface area contributed by atoms with Gasteiger partial charge in [-0.15, -0.1) is 11.6 Å². The number of benzene rings is 6. The van der Waals surface area contributed by atoms with E-state index in [2.05, 4.69) is 31.9 Å². The number of amides is 6. The molecular formula is C103H134ClF3N13NaO28S. The number of β-amino-alcohol motifs (C(OH)–C–C–N with tert-alkyl or cyclic N) is 1. The molecule has 0 saturated carbocycles. The number of ketones is 1. The monoisotopic (exact) mass is 2150 g/mol. The molecule has 6 aromatic carbocycles. The molecule has 3 aromatic heterocycles. The summed E-state index contributed by atoms with van der Waals surface area (Å²) in [5.41, 5.74) is 22.9. The van der Waals surface area contributed by atoms with Gasteiger partial charge in [0.1, 0.15) is 86.3 Å². The maximum atomic E-state index is 12.9. The molecule has 0 spiro atoms. The Bertz CT molecular complexity index is 5760. The summed E-state index contributed by atoms with van der Waals surface area (Å²) in [5.74, 6) is -1.05. The molecule has 0 radical (unpaired) electrons. The summed E-state index contributed by atoms with van der Waals surface area (Å²) in [6.07, 6.45) is -1.79. The van der Waals surface area contributed by atoms with Crippen molar-refractivity contribution in [3.63, 3.8) is 0 Å². The Labute approximate surface area is 897 Å². The second kappa shape index (κ2) is 62.9. The van der Waals surface area contributed by atoms with Crippen LogP contribution in [-0.2, 0) is 114 Å². The third kappa shape index (κ3) is 45.3. The van der Waals surface area contributed by atoms with Crippen LogP contribution in [-0.4, -0.2) is 256 Å². The molecule has 150 heavy (non-hydrogen) atoms. The summed E-state index contributed by atoms with van der Waals surface area (Å²) >= 11 is 4.64.